The first-order chi connectivity index (χ1) is 7.45. The molecule has 0 spiro atoms. The third-order valence-corrected chi connectivity index (χ3v) is 3.05. The molecular weight excluding hydrogens is 206 g/mol. The molecule has 0 aliphatic carbocycles. The Labute approximate surface area is 97.2 Å². The highest BCUT2D eigenvalue weighted by atomic mass is 16.4. The van der Waals surface area contributed by atoms with Crippen LogP contribution in [0.2, 0.25) is 0 Å². The Kier molecular flexibility index (Phi) is 6.77. The highest BCUT2D eigenvalue weighted by molar-refractivity contribution is 6.00. The Hall–Kier alpha value is -1.06. The number of carboxylic acids is 1. The van der Waals surface area contributed by atoms with Gasteiger partial charge < -0.3 is 10.8 Å². The van der Waals surface area contributed by atoms with Gasteiger partial charge in [0, 0.05) is 0 Å². The lowest BCUT2D eigenvalue weighted by molar-refractivity contribution is -0.154. The van der Waals surface area contributed by atoms with Gasteiger partial charge in [0.2, 0.25) is 5.91 Å². The smallest absolute Gasteiger partial charge is 0.318 e. The van der Waals surface area contributed by atoms with Crippen LogP contribution < -0.4 is 5.73 Å². The fourth-order valence-electron chi connectivity index (χ4n) is 1.59. The Morgan fingerprint density at radius 1 is 1.12 bits per heavy atom. The van der Waals surface area contributed by atoms with Crippen molar-refractivity contribution in [3.05, 3.63) is 0 Å². The van der Waals surface area contributed by atoms with Crippen molar-refractivity contribution in [2.24, 2.45) is 11.1 Å². The number of hydrogen-bond donors (Lipinski definition) is 2. The molecule has 4 nitrogen and oxygen atoms in total. The number of primary amides is 1. The zero-order chi connectivity index (χ0) is 12.6. The minimum Gasteiger partial charge on any atom is -0.480 e. The number of nitrogens with two attached hydrogens (primary N) is 1. The van der Waals surface area contributed by atoms with Gasteiger partial charge in [-0.2, -0.15) is 0 Å². The molecule has 1 unspecified atom stereocenters. The Morgan fingerprint density at radius 2 is 1.62 bits per heavy atom. The van der Waals surface area contributed by atoms with Gasteiger partial charge in [-0.05, 0) is 13.3 Å². The van der Waals surface area contributed by atoms with Crippen LogP contribution in [0.25, 0.3) is 0 Å². The summed E-state index contributed by atoms with van der Waals surface area (Å²) in [6, 6.07) is 0. The molecule has 0 rings (SSSR count). The molecule has 94 valence electrons. The summed E-state index contributed by atoms with van der Waals surface area (Å²) in [5.74, 6) is -1.86. The summed E-state index contributed by atoms with van der Waals surface area (Å²) < 4.78 is 0. The van der Waals surface area contributed by atoms with E-state index in [0.717, 1.165) is 19.3 Å². The van der Waals surface area contributed by atoms with Gasteiger partial charge in [0.05, 0.1) is 0 Å². The molecule has 0 heterocycles. The molecule has 4 heteroatoms. The van der Waals surface area contributed by atoms with Crippen molar-refractivity contribution in [1.82, 2.24) is 0 Å². The predicted octanol–water partition coefficient (Wildman–Crippen LogP) is 2.31. The topological polar surface area (TPSA) is 80.4 Å². The van der Waals surface area contributed by atoms with Gasteiger partial charge in [0.1, 0.15) is 5.41 Å². The van der Waals surface area contributed by atoms with Gasteiger partial charge in [-0.15, -0.1) is 0 Å². The molecule has 0 bridgehead atoms. The van der Waals surface area contributed by atoms with E-state index in [9.17, 15) is 9.59 Å². The predicted molar refractivity (Wildman–Crippen MR) is 62.9 cm³/mol. The zero-order valence-electron chi connectivity index (χ0n) is 10.3. The Bertz CT molecular complexity index is 224. The molecule has 0 aromatic rings. The van der Waals surface area contributed by atoms with Gasteiger partial charge in [-0.1, -0.05) is 45.4 Å². The molecule has 0 aliphatic heterocycles. The van der Waals surface area contributed by atoms with Gasteiger partial charge in [0.15, 0.2) is 0 Å². The SMILES string of the molecule is CCCCCCCCC(C)(C(N)=O)C(=O)O. The van der Waals surface area contributed by atoms with Crippen LogP contribution in [0.5, 0.6) is 0 Å². The zero-order valence-corrected chi connectivity index (χ0v) is 10.3. The van der Waals surface area contributed by atoms with Crippen LogP contribution >= 0.6 is 0 Å². The van der Waals surface area contributed by atoms with Crippen molar-refractivity contribution < 1.29 is 14.7 Å². The first-order valence-corrected chi connectivity index (χ1v) is 5.98. The number of rotatable bonds is 9. The van der Waals surface area contributed by atoms with Crippen LogP contribution in [0, 0.1) is 5.41 Å². The molecule has 0 aliphatic rings. The quantitative estimate of drug-likeness (QED) is 0.470. The van der Waals surface area contributed by atoms with Crippen molar-refractivity contribution in [3.8, 4) is 0 Å². The third-order valence-electron chi connectivity index (χ3n) is 3.05. The van der Waals surface area contributed by atoms with E-state index in [1.807, 2.05) is 0 Å². The maximum Gasteiger partial charge on any atom is 0.318 e. The summed E-state index contributed by atoms with van der Waals surface area (Å²) in [6.07, 6.45) is 6.73. The minimum absolute atomic E-state index is 0.337. The average molecular weight is 229 g/mol. The largest absolute Gasteiger partial charge is 0.480 e. The van der Waals surface area contributed by atoms with Crippen LogP contribution in [0.1, 0.15) is 58.8 Å². The normalized spacial score (nSPS) is 14.4. The van der Waals surface area contributed by atoms with E-state index in [4.69, 9.17) is 10.8 Å². The lowest BCUT2D eigenvalue weighted by Gasteiger charge is -2.20. The maximum atomic E-state index is 11.1. The van der Waals surface area contributed by atoms with Crippen molar-refractivity contribution in [1.29, 1.82) is 0 Å². The van der Waals surface area contributed by atoms with E-state index < -0.39 is 17.3 Å². The fourth-order valence-corrected chi connectivity index (χ4v) is 1.59. The summed E-state index contributed by atoms with van der Waals surface area (Å²) in [4.78, 5) is 22.0. The lowest BCUT2D eigenvalue weighted by Crippen LogP contribution is -2.41. The highest BCUT2D eigenvalue weighted by Gasteiger charge is 2.38. The summed E-state index contributed by atoms with van der Waals surface area (Å²) in [6.45, 7) is 3.55. The summed E-state index contributed by atoms with van der Waals surface area (Å²) in [7, 11) is 0. The fraction of sp³-hybridized carbons (Fsp3) is 0.833. The van der Waals surface area contributed by atoms with Gasteiger partial charge in [0.25, 0.3) is 0 Å². The monoisotopic (exact) mass is 229 g/mol. The molecular formula is C12H23NO3. The highest BCUT2D eigenvalue weighted by Crippen LogP contribution is 2.24. The van der Waals surface area contributed by atoms with Crippen molar-refractivity contribution in [2.75, 3.05) is 0 Å². The minimum atomic E-state index is -1.40. The van der Waals surface area contributed by atoms with E-state index in [1.54, 1.807) is 0 Å². The Morgan fingerprint density at radius 3 is 2.06 bits per heavy atom. The molecule has 1 amide bonds. The van der Waals surface area contributed by atoms with Gasteiger partial charge in [-0.3, -0.25) is 9.59 Å². The number of aliphatic carboxylic acids is 1. The first-order valence-electron chi connectivity index (χ1n) is 5.98. The van der Waals surface area contributed by atoms with Crippen molar-refractivity contribution >= 4 is 11.9 Å². The standard InChI is InChI=1S/C12H23NO3/c1-3-4-5-6-7-8-9-12(2,10(13)14)11(15)16/h3-9H2,1-2H3,(H2,13,14)(H,15,16). The number of unbranched alkanes of at least 4 members (excludes halogenated alkanes) is 5. The van der Waals surface area contributed by atoms with Gasteiger partial charge in [-0.25, -0.2) is 0 Å². The molecule has 16 heavy (non-hydrogen) atoms. The number of amides is 1. The number of carbonyl (C=O) groups is 2. The Balaban J connectivity index is 3.88. The van der Waals surface area contributed by atoms with Crippen LogP contribution in [-0.4, -0.2) is 17.0 Å². The van der Waals surface area contributed by atoms with Crippen LogP contribution in [0.4, 0.5) is 0 Å². The summed E-state index contributed by atoms with van der Waals surface area (Å²) >= 11 is 0. The number of carboxylic acid groups (broad SMARTS) is 1. The molecule has 0 saturated heterocycles. The first kappa shape index (κ1) is 14.9. The molecule has 0 aromatic carbocycles. The van der Waals surface area contributed by atoms with E-state index in [2.05, 4.69) is 6.92 Å². The molecule has 1 atom stereocenters. The summed E-state index contributed by atoms with van der Waals surface area (Å²) in [5.41, 5.74) is 3.72. The second-order valence-corrected chi connectivity index (χ2v) is 4.52. The van der Waals surface area contributed by atoms with E-state index >= 15 is 0 Å². The van der Waals surface area contributed by atoms with E-state index in [0.29, 0.717) is 6.42 Å². The van der Waals surface area contributed by atoms with Crippen LogP contribution in [0.3, 0.4) is 0 Å². The van der Waals surface area contributed by atoms with Crippen LogP contribution in [0.15, 0.2) is 0 Å². The lowest BCUT2D eigenvalue weighted by atomic mass is 9.84. The number of hydrogen-bond acceptors (Lipinski definition) is 2. The molecule has 0 saturated carbocycles. The third kappa shape index (κ3) is 4.64. The van der Waals surface area contributed by atoms with Crippen molar-refractivity contribution in [2.45, 2.75) is 58.8 Å². The summed E-state index contributed by atoms with van der Waals surface area (Å²) in [5, 5.41) is 8.94. The second-order valence-electron chi connectivity index (χ2n) is 4.52. The maximum absolute atomic E-state index is 11.1. The van der Waals surface area contributed by atoms with E-state index in [1.165, 1.54) is 26.2 Å². The van der Waals surface area contributed by atoms with Crippen molar-refractivity contribution in [3.63, 3.8) is 0 Å². The van der Waals surface area contributed by atoms with E-state index in [-0.39, 0.29) is 0 Å². The van der Waals surface area contributed by atoms with Crippen LogP contribution in [-0.2, 0) is 9.59 Å². The molecule has 0 radical (unpaired) electrons. The second kappa shape index (κ2) is 7.25. The number of carbonyl (C=O) groups excluding carboxylic acids is 1. The molecule has 0 aromatic heterocycles. The molecule has 0 fully saturated rings. The van der Waals surface area contributed by atoms with Gasteiger partial charge >= 0.3 is 5.97 Å². The average Bonchev–Trinajstić information content (AvgIpc) is 2.22. The molecule has 3 N–H and O–H groups in total.